The summed E-state index contributed by atoms with van der Waals surface area (Å²) in [5.41, 5.74) is 2.45. The molecule has 4 rings (SSSR count). The second kappa shape index (κ2) is 8.32. The van der Waals surface area contributed by atoms with Crippen LogP contribution in [0.2, 0.25) is 0 Å². The van der Waals surface area contributed by atoms with Gasteiger partial charge in [0.2, 0.25) is 10.0 Å². The molecule has 0 radical (unpaired) electrons. The van der Waals surface area contributed by atoms with E-state index < -0.39 is 10.0 Å². The SMILES string of the molecule is O=C(OCc1cccc(S(=O)(=O)N2CCOCC2)c1)c1csc2c1CCCC2. The molecule has 2 aromatic rings. The van der Waals surface area contributed by atoms with Gasteiger partial charge in [0.15, 0.2) is 0 Å². The summed E-state index contributed by atoms with van der Waals surface area (Å²) < 4.78 is 37.7. The van der Waals surface area contributed by atoms with Crippen LogP contribution in [-0.4, -0.2) is 45.0 Å². The van der Waals surface area contributed by atoms with Crippen molar-refractivity contribution in [2.75, 3.05) is 26.3 Å². The van der Waals surface area contributed by atoms with Crippen molar-refractivity contribution in [1.82, 2.24) is 4.31 Å². The number of hydrogen-bond donors (Lipinski definition) is 0. The Labute approximate surface area is 169 Å². The Morgan fingerprint density at radius 1 is 1.18 bits per heavy atom. The highest BCUT2D eigenvalue weighted by Gasteiger charge is 2.26. The summed E-state index contributed by atoms with van der Waals surface area (Å²) in [6.45, 7) is 1.56. The molecule has 1 saturated heterocycles. The normalized spacial score (nSPS) is 17.9. The first-order valence-corrected chi connectivity index (χ1v) is 11.8. The first-order valence-electron chi connectivity index (χ1n) is 9.49. The number of esters is 1. The van der Waals surface area contributed by atoms with Crippen molar-refractivity contribution in [3.63, 3.8) is 0 Å². The molecule has 1 aromatic carbocycles. The van der Waals surface area contributed by atoms with Crippen LogP contribution in [0.15, 0.2) is 34.5 Å². The van der Waals surface area contributed by atoms with Gasteiger partial charge in [-0.1, -0.05) is 12.1 Å². The monoisotopic (exact) mass is 421 g/mol. The van der Waals surface area contributed by atoms with Crippen molar-refractivity contribution in [1.29, 1.82) is 0 Å². The Kier molecular flexibility index (Phi) is 5.82. The Bertz CT molecular complexity index is 961. The molecule has 2 heterocycles. The van der Waals surface area contributed by atoms with Crippen molar-refractivity contribution in [2.24, 2.45) is 0 Å². The topological polar surface area (TPSA) is 72.9 Å². The standard InChI is InChI=1S/C20H23NO5S2/c22-20(18-14-27-19-7-2-1-6-17(18)19)26-13-15-4-3-5-16(12-15)28(23,24)21-8-10-25-11-9-21/h3-5,12,14H,1-2,6-11,13H2. The van der Waals surface area contributed by atoms with Gasteiger partial charge in [0.25, 0.3) is 0 Å². The summed E-state index contributed by atoms with van der Waals surface area (Å²) in [7, 11) is -3.56. The maximum Gasteiger partial charge on any atom is 0.339 e. The number of morpholine rings is 1. The fourth-order valence-corrected chi connectivity index (χ4v) is 6.22. The predicted octanol–water partition coefficient (Wildman–Crippen LogP) is 3.00. The summed E-state index contributed by atoms with van der Waals surface area (Å²) in [6, 6.07) is 6.62. The summed E-state index contributed by atoms with van der Waals surface area (Å²) in [6.07, 6.45) is 4.24. The van der Waals surface area contributed by atoms with Crippen LogP contribution < -0.4 is 0 Å². The van der Waals surface area contributed by atoms with Crippen LogP contribution in [0.25, 0.3) is 0 Å². The molecule has 1 aliphatic heterocycles. The third-order valence-corrected chi connectivity index (χ3v) is 8.14. The molecule has 0 spiro atoms. The minimum atomic E-state index is -3.56. The van der Waals surface area contributed by atoms with Crippen molar-refractivity contribution in [3.05, 3.63) is 51.2 Å². The first kappa shape index (κ1) is 19.6. The number of benzene rings is 1. The van der Waals surface area contributed by atoms with E-state index in [4.69, 9.17) is 9.47 Å². The molecule has 6 nitrogen and oxygen atoms in total. The lowest BCUT2D eigenvalue weighted by Crippen LogP contribution is -2.40. The van der Waals surface area contributed by atoms with E-state index in [-0.39, 0.29) is 17.5 Å². The third-order valence-electron chi connectivity index (χ3n) is 5.16. The maximum atomic E-state index is 12.8. The molecule has 28 heavy (non-hydrogen) atoms. The van der Waals surface area contributed by atoms with Crippen LogP contribution in [0.5, 0.6) is 0 Å². The zero-order valence-electron chi connectivity index (χ0n) is 15.6. The van der Waals surface area contributed by atoms with Gasteiger partial charge in [-0.25, -0.2) is 13.2 Å². The highest BCUT2D eigenvalue weighted by Crippen LogP contribution is 2.30. The number of fused-ring (bicyclic) bond motifs is 1. The minimum Gasteiger partial charge on any atom is -0.457 e. The van der Waals surface area contributed by atoms with Crippen LogP contribution in [0.1, 0.15) is 39.2 Å². The quantitative estimate of drug-likeness (QED) is 0.694. The number of sulfonamides is 1. The Morgan fingerprint density at radius 3 is 2.79 bits per heavy atom. The lowest BCUT2D eigenvalue weighted by molar-refractivity contribution is 0.0471. The van der Waals surface area contributed by atoms with Gasteiger partial charge in [0.05, 0.1) is 23.7 Å². The molecule has 0 N–H and O–H groups in total. The van der Waals surface area contributed by atoms with Gasteiger partial charge in [-0.05, 0) is 48.9 Å². The molecule has 0 saturated carbocycles. The van der Waals surface area contributed by atoms with E-state index >= 15 is 0 Å². The molecule has 1 aromatic heterocycles. The van der Waals surface area contributed by atoms with Crippen molar-refractivity contribution >= 4 is 27.3 Å². The largest absolute Gasteiger partial charge is 0.457 e. The Balaban J connectivity index is 1.45. The van der Waals surface area contributed by atoms with Gasteiger partial charge in [-0.15, -0.1) is 11.3 Å². The smallest absolute Gasteiger partial charge is 0.339 e. The maximum absolute atomic E-state index is 12.8. The zero-order chi connectivity index (χ0) is 19.6. The van der Waals surface area contributed by atoms with Crippen LogP contribution in [-0.2, 0) is 38.9 Å². The van der Waals surface area contributed by atoms with E-state index in [2.05, 4.69) is 0 Å². The Hall–Kier alpha value is -1.74. The number of thiophene rings is 1. The molecule has 0 amide bonds. The number of rotatable bonds is 5. The second-order valence-corrected chi connectivity index (χ2v) is 9.90. The number of aryl methyl sites for hydroxylation is 1. The van der Waals surface area contributed by atoms with E-state index in [1.807, 2.05) is 5.38 Å². The highest BCUT2D eigenvalue weighted by atomic mass is 32.2. The Morgan fingerprint density at radius 2 is 1.96 bits per heavy atom. The molecule has 1 fully saturated rings. The number of ether oxygens (including phenoxy) is 2. The minimum absolute atomic E-state index is 0.0515. The van der Waals surface area contributed by atoms with Crippen molar-refractivity contribution in [3.8, 4) is 0 Å². The van der Waals surface area contributed by atoms with E-state index in [0.29, 0.717) is 37.4 Å². The number of carbonyl (C=O) groups is 1. The van der Waals surface area contributed by atoms with Crippen LogP contribution in [0.3, 0.4) is 0 Å². The van der Waals surface area contributed by atoms with E-state index in [9.17, 15) is 13.2 Å². The molecule has 1 aliphatic carbocycles. The van der Waals surface area contributed by atoms with Crippen LogP contribution >= 0.6 is 11.3 Å². The lowest BCUT2D eigenvalue weighted by atomic mass is 9.96. The summed E-state index contributed by atoms with van der Waals surface area (Å²) in [5.74, 6) is -0.333. The molecular weight excluding hydrogens is 398 g/mol. The van der Waals surface area contributed by atoms with Gasteiger partial charge >= 0.3 is 5.97 Å². The summed E-state index contributed by atoms with van der Waals surface area (Å²) in [4.78, 5) is 14.0. The average molecular weight is 422 g/mol. The number of carbonyl (C=O) groups excluding carboxylic acids is 1. The van der Waals surface area contributed by atoms with Gasteiger partial charge in [-0.3, -0.25) is 0 Å². The summed E-state index contributed by atoms with van der Waals surface area (Å²) in [5, 5.41) is 1.89. The molecule has 8 heteroatoms. The third kappa shape index (κ3) is 4.00. The molecule has 0 bridgehead atoms. The molecule has 0 atom stereocenters. The number of nitrogens with zero attached hydrogens (tertiary/aromatic N) is 1. The lowest BCUT2D eigenvalue weighted by Gasteiger charge is -2.26. The van der Waals surface area contributed by atoms with Gasteiger partial charge < -0.3 is 9.47 Å². The highest BCUT2D eigenvalue weighted by molar-refractivity contribution is 7.89. The molecule has 0 unspecified atom stereocenters. The first-order chi connectivity index (χ1) is 13.6. The fourth-order valence-electron chi connectivity index (χ4n) is 3.62. The van der Waals surface area contributed by atoms with Gasteiger partial charge in [0.1, 0.15) is 6.61 Å². The van der Waals surface area contributed by atoms with Crippen molar-refractivity contribution in [2.45, 2.75) is 37.2 Å². The van der Waals surface area contributed by atoms with E-state index in [1.165, 1.54) is 15.6 Å². The van der Waals surface area contributed by atoms with Gasteiger partial charge in [0, 0.05) is 23.3 Å². The van der Waals surface area contributed by atoms with Crippen LogP contribution in [0, 0.1) is 0 Å². The summed E-state index contributed by atoms with van der Waals surface area (Å²) >= 11 is 1.63. The predicted molar refractivity (Wildman–Crippen MR) is 106 cm³/mol. The van der Waals surface area contributed by atoms with Crippen LogP contribution in [0.4, 0.5) is 0 Å². The van der Waals surface area contributed by atoms with Gasteiger partial charge in [-0.2, -0.15) is 4.31 Å². The molecule has 150 valence electrons. The van der Waals surface area contributed by atoms with E-state index in [1.54, 1.807) is 35.6 Å². The second-order valence-electron chi connectivity index (χ2n) is 7.00. The average Bonchev–Trinajstić information content (AvgIpc) is 3.17. The van der Waals surface area contributed by atoms with E-state index in [0.717, 1.165) is 24.8 Å². The van der Waals surface area contributed by atoms with Crippen molar-refractivity contribution < 1.29 is 22.7 Å². The molecular formula is C20H23NO5S2. The zero-order valence-corrected chi connectivity index (χ0v) is 17.2. The fraction of sp³-hybridized carbons (Fsp3) is 0.450. The molecule has 2 aliphatic rings. The number of hydrogen-bond acceptors (Lipinski definition) is 6.